The Kier molecular flexibility index (Phi) is 4.06. The zero-order valence-corrected chi connectivity index (χ0v) is 10.5. The van der Waals surface area contributed by atoms with Gasteiger partial charge in [0.1, 0.15) is 0 Å². The molecule has 0 unspecified atom stereocenters. The van der Waals surface area contributed by atoms with Gasteiger partial charge < -0.3 is 9.13 Å². The maximum absolute atomic E-state index is 11.3. The molecule has 0 rings (SSSR count). The molecule has 14 heavy (non-hydrogen) atoms. The van der Waals surface area contributed by atoms with E-state index >= 15 is 0 Å². The Labute approximate surface area is 86.4 Å². The van der Waals surface area contributed by atoms with Crippen LogP contribution in [0.3, 0.4) is 0 Å². The summed E-state index contributed by atoms with van der Waals surface area (Å²) >= 11 is 0. The molecule has 0 atom stereocenters. The van der Waals surface area contributed by atoms with E-state index in [0.717, 1.165) is 0 Å². The molecule has 0 heterocycles. The molecule has 0 radical (unpaired) electrons. The highest BCUT2D eigenvalue weighted by atomic mass is 28.3. The highest BCUT2D eigenvalue weighted by molar-refractivity contribution is 6.81. The number of rotatable bonds is 3. The number of hydrogen-bond acceptors (Lipinski definition) is 2. The van der Waals surface area contributed by atoms with Gasteiger partial charge in [0.05, 0.1) is 0 Å². The van der Waals surface area contributed by atoms with Gasteiger partial charge in [-0.05, 0) is 6.55 Å². The minimum atomic E-state index is -2.32. The summed E-state index contributed by atoms with van der Waals surface area (Å²) in [6.07, 6.45) is 0. The van der Waals surface area contributed by atoms with Crippen molar-refractivity contribution in [1.29, 1.82) is 0 Å². The van der Waals surface area contributed by atoms with Crippen LogP contribution in [0.15, 0.2) is 12.3 Å². The third-order valence-corrected chi connectivity index (χ3v) is 6.81. The summed E-state index contributed by atoms with van der Waals surface area (Å²) in [6, 6.07) is 0. The van der Waals surface area contributed by atoms with Crippen LogP contribution >= 0.6 is 0 Å². The minimum absolute atomic E-state index is 0.0489. The van der Waals surface area contributed by atoms with Gasteiger partial charge in [0.2, 0.25) is 11.8 Å². The molecule has 0 aromatic rings. The van der Waals surface area contributed by atoms with Gasteiger partial charge in [0.15, 0.2) is 0 Å². The Morgan fingerprint density at radius 1 is 1.14 bits per heavy atom. The van der Waals surface area contributed by atoms with Crippen molar-refractivity contribution in [3.8, 4) is 0 Å². The number of carbonyl (C=O) groups excluding carboxylic acids is 2. The minimum Gasteiger partial charge on any atom is -0.351 e. The van der Waals surface area contributed by atoms with Gasteiger partial charge in [-0.15, -0.1) is 6.58 Å². The fourth-order valence-corrected chi connectivity index (χ4v) is 3.41. The fraction of sp³-hybridized carbons (Fsp3) is 0.556. The van der Waals surface area contributed by atoms with Crippen LogP contribution in [-0.4, -0.2) is 43.4 Å². The molecule has 0 aromatic heterocycles. The second kappa shape index (κ2) is 4.41. The van der Waals surface area contributed by atoms with E-state index in [4.69, 9.17) is 0 Å². The van der Waals surface area contributed by atoms with Crippen molar-refractivity contribution in [2.75, 3.05) is 14.1 Å². The van der Waals surface area contributed by atoms with Crippen LogP contribution in [0.2, 0.25) is 6.55 Å². The predicted octanol–water partition coefficient (Wildman–Crippen LogP) is 0.740. The third kappa shape index (κ3) is 2.23. The van der Waals surface area contributed by atoms with Gasteiger partial charge in [0, 0.05) is 27.9 Å². The first-order chi connectivity index (χ1) is 6.27. The maximum atomic E-state index is 11.3. The molecule has 4 nitrogen and oxygen atoms in total. The van der Waals surface area contributed by atoms with Crippen LogP contribution in [0, 0.1) is 0 Å². The maximum Gasteiger partial charge on any atom is 0.290 e. The van der Waals surface area contributed by atoms with Gasteiger partial charge >= 0.3 is 0 Å². The van der Waals surface area contributed by atoms with Crippen molar-refractivity contribution in [3.63, 3.8) is 0 Å². The Morgan fingerprint density at radius 2 is 1.43 bits per heavy atom. The zero-order chi connectivity index (χ0) is 11.5. The monoisotopic (exact) mass is 214 g/mol. The van der Waals surface area contributed by atoms with Gasteiger partial charge in [-0.3, -0.25) is 9.59 Å². The second-order valence-electron chi connectivity index (χ2n) is 3.45. The molecule has 0 aliphatic heterocycles. The van der Waals surface area contributed by atoms with Crippen LogP contribution in [0.1, 0.15) is 13.8 Å². The molecule has 5 heteroatoms. The van der Waals surface area contributed by atoms with E-state index in [0.29, 0.717) is 0 Å². The standard InChI is InChI=1S/C9H18N2O2Si/c1-7-14(6,10(4)8(2)12)11(5)9(3)13/h7H,1H2,2-6H3. The molecule has 0 fully saturated rings. The first-order valence-electron chi connectivity index (χ1n) is 4.39. The van der Waals surface area contributed by atoms with Crippen LogP contribution in [0.4, 0.5) is 0 Å². The number of amides is 2. The average Bonchev–Trinajstić information content (AvgIpc) is 2.13. The Balaban J connectivity index is 5.06. The third-order valence-electron chi connectivity index (χ3n) is 2.69. The van der Waals surface area contributed by atoms with Crippen molar-refractivity contribution in [2.45, 2.75) is 20.4 Å². The molecule has 0 bridgehead atoms. The van der Waals surface area contributed by atoms with Crippen molar-refractivity contribution >= 4 is 20.2 Å². The summed E-state index contributed by atoms with van der Waals surface area (Å²) in [5, 5.41) is 0. The van der Waals surface area contributed by atoms with Crippen LogP contribution < -0.4 is 0 Å². The second-order valence-corrected chi connectivity index (χ2v) is 7.39. The van der Waals surface area contributed by atoms with Crippen LogP contribution in [0.25, 0.3) is 0 Å². The molecular formula is C9H18N2O2Si. The lowest BCUT2D eigenvalue weighted by Crippen LogP contribution is -2.62. The lowest BCUT2D eigenvalue weighted by molar-refractivity contribution is -0.126. The lowest BCUT2D eigenvalue weighted by atomic mass is 10.7. The molecule has 0 N–H and O–H groups in total. The molecule has 0 aliphatic carbocycles. The summed E-state index contributed by atoms with van der Waals surface area (Å²) in [5.41, 5.74) is 1.72. The quantitative estimate of drug-likeness (QED) is 0.650. The number of hydrogen-bond donors (Lipinski definition) is 0. The summed E-state index contributed by atoms with van der Waals surface area (Å²) in [4.78, 5) is 22.5. The number of carbonyl (C=O) groups is 2. The van der Waals surface area contributed by atoms with E-state index in [1.54, 1.807) is 28.9 Å². The van der Waals surface area contributed by atoms with Crippen molar-refractivity contribution in [3.05, 3.63) is 12.3 Å². The van der Waals surface area contributed by atoms with E-state index < -0.39 is 8.40 Å². The van der Waals surface area contributed by atoms with Crippen molar-refractivity contribution < 1.29 is 9.59 Å². The molecule has 80 valence electrons. The summed E-state index contributed by atoms with van der Waals surface area (Å²) in [5.74, 6) is -0.0978. The lowest BCUT2D eigenvalue weighted by Gasteiger charge is -2.39. The average molecular weight is 214 g/mol. The van der Waals surface area contributed by atoms with Gasteiger partial charge in [-0.1, -0.05) is 5.70 Å². The summed E-state index contributed by atoms with van der Waals surface area (Å²) in [6.45, 7) is 8.60. The summed E-state index contributed by atoms with van der Waals surface area (Å²) < 4.78 is 3.22. The van der Waals surface area contributed by atoms with Crippen LogP contribution in [0.5, 0.6) is 0 Å². The van der Waals surface area contributed by atoms with E-state index in [1.807, 2.05) is 6.55 Å². The van der Waals surface area contributed by atoms with E-state index in [9.17, 15) is 9.59 Å². The van der Waals surface area contributed by atoms with E-state index in [1.165, 1.54) is 13.8 Å². The molecule has 0 saturated carbocycles. The Hall–Kier alpha value is -1.10. The van der Waals surface area contributed by atoms with Crippen LogP contribution in [-0.2, 0) is 9.59 Å². The molecular weight excluding hydrogens is 196 g/mol. The van der Waals surface area contributed by atoms with Gasteiger partial charge in [-0.2, -0.15) is 0 Å². The Bertz CT molecular complexity index is 246. The molecule has 0 aromatic carbocycles. The molecule has 0 saturated heterocycles. The van der Waals surface area contributed by atoms with E-state index in [-0.39, 0.29) is 11.8 Å². The highest BCUT2D eigenvalue weighted by Crippen LogP contribution is 2.14. The SMILES string of the molecule is C=C[Si](C)(N(C)C(C)=O)N(C)C(C)=O. The number of nitrogens with zero attached hydrogens (tertiary/aromatic N) is 2. The largest absolute Gasteiger partial charge is 0.351 e. The first-order valence-corrected chi connectivity index (χ1v) is 6.87. The molecule has 0 aliphatic rings. The van der Waals surface area contributed by atoms with Gasteiger partial charge in [0.25, 0.3) is 8.40 Å². The van der Waals surface area contributed by atoms with Crippen molar-refractivity contribution in [2.24, 2.45) is 0 Å². The molecule has 0 spiro atoms. The smallest absolute Gasteiger partial charge is 0.290 e. The first kappa shape index (κ1) is 12.9. The fourth-order valence-electron chi connectivity index (χ4n) is 1.14. The van der Waals surface area contributed by atoms with Crippen molar-refractivity contribution in [1.82, 2.24) is 9.13 Å². The summed E-state index contributed by atoms with van der Waals surface area (Å²) in [7, 11) is 1.08. The zero-order valence-electron chi connectivity index (χ0n) is 9.50. The van der Waals surface area contributed by atoms with E-state index in [2.05, 4.69) is 6.58 Å². The Morgan fingerprint density at radius 3 is 1.57 bits per heavy atom. The highest BCUT2D eigenvalue weighted by Gasteiger charge is 2.37. The normalized spacial score (nSPS) is 10.6. The van der Waals surface area contributed by atoms with Gasteiger partial charge in [-0.25, -0.2) is 0 Å². The predicted molar refractivity (Wildman–Crippen MR) is 58.7 cm³/mol. The topological polar surface area (TPSA) is 40.6 Å². The molecule has 2 amide bonds.